The first-order valence-electron chi connectivity index (χ1n) is 6.54. The molecule has 0 spiro atoms. The van der Waals surface area contributed by atoms with E-state index in [9.17, 15) is 0 Å². The van der Waals surface area contributed by atoms with E-state index in [1.165, 1.54) is 0 Å². The van der Waals surface area contributed by atoms with E-state index < -0.39 is 0 Å². The van der Waals surface area contributed by atoms with Crippen LogP contribution in [0.4, 0.5) is 5.69 Å². The van der Waals surface area contributed by atoms with Crippen LogP contribution in [0.2, 0.25) is 0 Å². The number of fused-ring (bicyclic) bond motifs is 1. The zero-order valence-corrected chi connectivity index (χ0v) is 11.2. The summed E-state index contributed by atoms with van der Waals surface area (Å²) in [7, 11) is 0. The molecule has 0 radical (unpaired) electrons. The van der Waals surface area contributed by atoms with Gasteiger partial charge in [-0.15, -0.1) is 0 Å². The predicted octanol–water partition coefficient (Wildman–Crippen LogP) is 2.34. The van der Waals surface area contributed by atoms with Gasteiger partial charge >= 0.3 is 0 Å². The Morgan fingerprint density at radius 1 is 1.25 bits per heavy atom. The standard InChI is InChI=1S/C15H16N4O/c1-10-8-13-15(17-9-10)19-14(18-13)11-2-4-12(5-3-11)16-6-7-20/h2-5,8-9,16,20H,6-7H2,1H3,(H,17,18,19). The Labute approximate surface area is 116 Å². The summed E-state index contributed by atoms with van der Waals surface area (Å²) in [6, 6.07) is 9.96. The van der Waals surface area contributed by atoms with E-state index in [4.69, 9.17) is 5.11 Å². The van der Waals surface area contributed by atoms with Gasteiger partial charge in [0.2, 0.25) is 0 Å². The lowest BCUT2D eigenvalue weighted by atomic mass is 10.2. The molecule has 2 aromatic heterocycles. The number of hydrogen-bond donors (Lipinski definition) is 3. The fourth-order valence-corrected chi connectivity index (χ4v) is 2.09. The second-order valence-electron chi connectivity index (χ2n) is 4.70. The summed E-state index contributed by atoms with van der Waals surface area (Å²) in [6.45, 7) is 2.68. The normalized spacial score (nSPS) is 10.9. The molecule has 0 unspecified atom stereocenters. The third-order valence-electron chi connectivity index (χ3n) is 3.07. The van der Waals surface area contributed by atoms with Crippen molar-refractivity contribution >= 4 is 16.9 Å². The van der Waals surface area contributed by atoms with Gasteiger partial charge in [0.1, 0.15) is 5.82 Å². The van der Waals surface area contributed by atoms with Crippen molar-refractivity contribution in [2.45, 2.75) is 6.92 Å². The van der Waals surface area contributed by atoms with Crippen LogP contribution < -0.4 is 5.32 Å². The number of hydrogen-bond acceptors (Lipinski definition) is 4. The van der Waals surface area contributed by atoms with Crippen molar-refractivity contribution in [2.24, 2.45) is 0 Å². The summed E-state index contributed by atoms with van der Waals surface area (Å²) in [5.41, 5.74) is 4.77. The van der Waals surface area contributed by atoms with Gasteiger partial charge in [-0.1, -0.05) is 0 Å². The number of aromatic nitrogens is 3. The summed E-state index contributed by atoms with van der Waals surface area (Å²) in [6.07, 6.45) is 1.81. The van der Waals surface area contributed by atoms with Crippen molar-refractivity contribution in [1.82, 2.24) is 15.0 Å². The van der Waals surface area contributed by atoms with Gasteiger partial charge in [-0.2, -0.15) is 0 Å². The second kappa shape index (κ2) is 5.30. The summed E-state index contributed by atoms with van der Waals surface area (Å²) < 4.78 is 0. The maximum absolute atomic E-state index is 8.78. The van der Waals surface area contributed by atoms with Crippen LogP contribution in [-0.2, 0) is 0 Å². The van der Waals surface area contributed by atoms with Gasteiger partial charge in [-0.25, -0.2) is 9.97 Å². The maximum Gasteiger partial charge on any atom is 0.178 e. The van der Waals surface area contributed by atoms with Crippen LogP contribution in [0.25, 0.3) is 22.6 Å². The van der Waals surface area contributed by atoms with Crippen molar-refractivity contribution in [3.8, 4) is 11.4 Å². The molecule has 0 aliphatic rings. The molecule has 1 aromatic carbocycles. The molecular formula is C15H16N4O. The molecule has 2 heterocycles. The van der Waals surface area contributed by atoms with Crippen LogP contribution in [0, 0.1) is 6.92 Å². The second-order valence-corrected chi connectivity index (χ2v) is 4.70. The van der Waals surface area contributed by atoms with Crippen LogP contribution >= 0.6 is 0 Å². The summed E-state index contributed by atoms with van der Waals surface area (Å²) in [4.78, 5) is 12.1. The average Bonchev–Trinajstić information content (AvgIpc) is 2.88. The van der Waals surface area contributed by atoms with Gasteiger partial charge in [0.25, 0.3) is 0 Å². The van der Waals surface area contributed by atoms with E-state index in [0.29, 0.717) is 6.54 Å². The molecule has 0 saturated heterocycles. The zero-order valence-electron chi connectivity index (χ0n) is 11.2. The first-order valence-corrected chi connectivity index (χ1v) is 6.54. The molecule has 3 rings (SSSR count). The molecule has 5 heteroatoms. The zero-order chi connectivity index (χ0) is 13.9. The van der Waals surface area contributed by atoms with Crippen LogP contribution in [-0.4, -0.2) is 33.2 Å². The largest absolute Gasteiger partial charge is 0.395 e. The molecule has 0 fully saturated rings. The molecule has 0 amide bonds. The van der Waals surface area contributed by atoms with E-state index in [2.05, 4.69) is 20.3 Å². The predicted molar refractivity (Wildman–Crippen MR) is 79.6 cm³/mol. The number of H-pyrrole nitrogens is 1. The Kier molecular flexibility index (Phi) is 3.35. The van der Waals surface area contributed by atoms with E-state index in [1.807, 2.05) is 43.5 Å². The van der Waals surface area contributed by atoms with Gasteiger partial charge in [0.05, 0.1) is 12.1 Å². The van der Waals surface area contributed by atoms with Crippen LogP contribution in [0.5, 0.6) is 0 Å². The molecular weight excluding hydrogens is 252 g/mol. The van der Waals surface area contributed by atoms with Crippen LogP contribution in [0.15, 0.2) is 36.5 Å². The van der Waals surface area contributed by atoms with Crippen molar-refractivity contribution in [1.29, 1.82) is 0 Å². The number of aliphatic hydroxyl groups is 1. The number of aromatic amines is 1. The molecule has 0 atom stereocenters. The van der Waals surface area contributed by atoms with E-state index in [1.54, 1.807) is 0 Å². The molecule has 20 heavy (non-hydrogen) atoms. The minimum absolute atomic E-state index is 0.121. The first kappa shape index (κ1) is 12.6. The molecule has 0 aliphatic heterocycles. The lowest BCUT2D eigenvalue weighted by Gasteiger charge is -2.04. The number of imidazole rings is 1. The highest BCUT2D eigenvalue weighted by atomic mass is 16.3. The molecule has 3 N–H and O–H groups in total. The van der Waals surface area contributed by atoms with Crippen molar-refractivity contribution in [3.63, 3.8) is 0 Å². The van der Waals surface area contributed by atoms with Gasteiger partial charge in [-0.3, -0.25) is 0 Å². The third kappa shape index (κ3) is 2.48. The van der Waals surface area contributed by atoms with Gasteiger partial charge in [-0.05, 0) is 42.8 Å². The number of pyridine rings is 1. The highest BCUT2D eigenvalue weighted by Crippen LogP contribution is 2.21. The Balaban J connectivity index is 1.90. The SMILES string of the molecule is Cc1cnc2nc(-c3ccc(NCCO)cc3)[nH]c2c1. The van der Waals surface area contributed by atoms with Crippen LogP contribution in [0.3, 0.4) is 0 Å². The number of aryl methyl sites for hydroxylation is 1. The Hall–Kier alpha value is -2.40. The van der Waals surface area contributed by atoms with Gasteiger partial charge in [0, 0.05) is 24.0 Å². The molecule has 0 saturated carbocycles. The average molecular weight is 268 g/mol. The smallest absolute Gasteiger partial charge is 0.178 e. The number of benzene rings is 1. The fraction of sp³-hybridized carbons (Fsp3) is 0.200. The molecule has 5 nitrogen and oxygen atoms in total. The number of nitrogens with zero attached hydrogens (tertiary/aromatic N) is 2. The summed E-state index contributed by atoms with van der Waals surface area (Å²) in [5, 5.41) is 11.9. The summed E-state index contributed by atoms with van der Waals surface area (Å²) in [5.74, 6) is 0.812. The van der Waals surface area contributed by atoms with E-state index in [0.717, 1.165) is 33.8 Å². The lowest BCUT2D eigenvalue weighted by Crippen LogP contribution is -2.04. The Morgan fingerprint density at radius 3 is 2.80 bits per heavy atom. The Morgan fingerprint density at radius 2 is 2.05 bits per heavy atom. The maximum atomic E-state index is 8.78. The first-order chi connectivity index (χ1) is 9.76. The molecule has 0 bridgehead atoms. The number of nitrogens with one attached hydrogen (secondary N) is 2. The van der Waals surface area contributed by atoms with Crippen molar-refractivity contribution in [3.05, 3.63) is 42.1 Å². The number of rotatable bonds is 4. The molecule has 102 valence electrons. The van der Waals surface area contributed by atoms with Gasteiger partial charge < -0.3 is 15.4 Å². The van der Waals surface area contributed by atoms with E-state index in [-0.39, 0.29) is 6.61 Å². The lowest BCUT2D eigenvalue weighted by molar-refractivity contribution is 0.311. The minimum Gasteiger partial charge on any atom is -0.395 e. The van der Waals surface area contributed by atoms with Crippen molar-refractivity contribution in [2.75, 3.05) is 18.5 Å². The van der Waals surface area contributed by atoms with E-state index >= 15 is 0 Å². The number of anilines is 1. The number of aliphatic hydroxyl groups excluding tert-OH is 1. The monoisotopic (exact) mass is 268 g/mol. The highest BCUT2D eigenvalue weighted by Gasteiger charge is 2.06. The van der Waals surface area contributed by atoms with Crippen LogP contribution in [0.1, 0.15) is 5.56 Å². The third-order valence-corrected chi connectivity index (χ3v) is 3.07. The molecule has 3 aromatic rings. The summed E-state index contributed by atoms with van der Waals surface area (Å²) >= 11 is 0. The topological polar surface area (TPSA) is 73.8 Å². The highest BCUT2D eigenvalue weighted by molar-refractivity contribution is 5.76. The van der Waals surface area contributed by atoms with Crippen molar-refractivity contribution < 1.29 is 5.11 Å². The van der Waals surface area contributed by atoms with Gasteiger partial charge in [0.15, 0.2) is 5.65 Å². The molecule has 0 aliphatic carbocycles. The minimum atomic E-state index is 0.121. The quantitative estimate of drug-likeness (QED) is 0.679. The Bertz CT molecular complexity index is 718. The fourth-order valence-electron chi connectivity index (χ4n) is 2.09.